The lowest BCUT2D eigenvalue weighted by molar-refractivity contribution is 0.465. The Kier molecular flexibility index (Phi) is 3.36. The molecule has 65 valence electrons. The molecule has 1 aromatic carbocycles. The largest absolute Gasteiger partial charge is 0.250 e. The Balaban J connectivity index is 3.07. The summed E-state index contributed by atoms with van der Waals surface area (Å²) in [5, 5.41) is 0.841. The first-order valence-electron chi connectivity index (χ1n) is 3.49. The van der Waals surface area contributed by atoms with Crippen LogP contribution in [0.2, 0.25) is 10.0 Å². The summed E-state index contributed by atoms with van der Waals surface area (Å²) >= 11 is 11.6. The van der Waals surface area contributed by atoms with Crippen LogP contribution < -0.4 is 0 Å². The van der Waals surface area contributed by atoms with Gasteiger partial charge in [0.1, 0.15) is 0 Å². The quantitative estimate of drug-likeness (QED) is 0.688. The lowest BCUT2D eigenvalue weighted by Crippen LogP contribution is -1.96. The van der Waals surface area contributed by atoms with Crippen LogP contribution in [0.15, 0.2) is 18.2 Å². The monoisotopic (exact) mass is 205 g/mol. The van der Waals surface area contributed by atoms with Gasteiger partial charge in [-0.1, -0.05) is 35.3 Å². The summed E-state index contributed by atoms with van der Waals surface area (Å²) in [7, 11) is 0. The van der Waals surface area contributed by atoms with Crippen molar-refractivity contribution in [3.63, 3.8) is 0 Å². The highest BCUT2D eigenvalue weighted by atomic mass is 35.5. The highest BCUT2D eigenvalue weighted by molar-refractivity contribution is 6.42. The second kappa shape index (κ2) is 4.11. The summed E-state index contributed by atoms with van der Waals surface area (Å²) in [5.41, 5.74) is 0.659. The Morgan fingerprint density at radius 1 is 1.42 bits per heavy atom. The van der Waals surface area contributed by atoms with Gasteiger partial charge in [0.2, 0.25) is 0 Å². The molecule has 0 saturated heterocycles. The van der Waals surface area contributed by atoms with Crippen LogP contribution in [0.1, 0.15) is 11.5 Å². The number of rotatable bonds is 2. The van der Waals surface area contributed by atoms with E-state index in [2.05, 4.69) is 6.92 Å². The van der Waals surface area contributed by atoms with Crippen molar-refractivity contribution < 1.29 is 4.39 Å². The predicted octanol–water partition coefficient (Wildman–Crippen LogP) is 3.88. The molecule has 0 nitrogen and oxygen atoms in total. The van der Waals surface area contributed by atoms with Crippen LogP contribution in [0.5, 0.6) is 0 Å². The molecule has 1 radical (unpaired) electrons. The Labute approximate surface area is 81.3 Å². The fraction of sp³-hybridized carbons (Fsp3) is 0.222. The summed E-state index contributed by atoms with van der Waals surface area (Å²) in [6, 6.07) is 5.13. The standard InChI is InChI=1S/C9H8Cl2F/c1-6(5-12)7-3-2-4-8(10)9(7)11/h2-4,6H,1,5H2. The molecule has 1 unspecified atom stereocenters. The van der Waals surface area contributed by atoms with Crippen LogP contribution in [-0.4, -0.2) is 6.67 Å². The Morgan fingerprint density at radius 3 is 2.67 bits per heavy atom. The van der Waals surface area contributed by atoms with Crippen LogP contribution in [0, 0.1) is 6.92 Å². The van der Waals surface area contributed by atoms with Gasteiger partial charge in [0.05, 0.1) is 16.7 Å². The molecule has 0 bridgehead atoms. The highest BCUT2D eigenvalue weighted by Gasteiger charge is 2.10. The first-order valence-corrected chi connectivity index (χ1v) is 4.25. The Morgan fingerprint density at radius 2 is 2.08 bits per heavy atom. The maximum Gasteiger partial charge on any atom is 0.0963 e. The number of hydrogen-bond donors (Lipinski definition) is 0. The zero-order valence-electron chi connectivity index (χ0n) is 6.36. The Bertz CT molecular complexity index is 273. The Hall–Kier alpha value is -0.270. The molecule has 0 aliphatic heterocycles. The van der Waals surface area contributed by atoms with E-state index in [0.29, 0.717) is 15.6 Å². The van der Waals surface area contributed by atoms with E-state index >= 15 is 0 Å². The lowest BCUT2D eigenvalue weighted by Gasteiger charge is -2.09. The first kappa shape index (κ1) is 9.82. The maximum atomic E-state index is 12.2. The topological polar surface area (TPSA) is 0 Å². The van der Waals surface area contributed by atoms with E-state index in [-0.39, 0.29) is 0 Å². The molecule has 1 aromatic rings. The van der Waals surface area contributed by atoms with Crippen molar-refractivity contribution in [1.29, 1.82) is 0 Å². The van der Waals surface area contributed by atoms with Gasteiger partial charge in [0, 0.05) is 5.92 Å². The number of benzene rings is 1. The molecule has 0 heterocycles. The highest BCUT2D eigenvalue weighted by Crippen LogP contribution is 2.30. The predicted molar refractivity (Wildman–Crippen MR) is 50.5 cm³/mol. The van der Waals surface area contributed by atoms with E-state index in [1.807, 2.05) is 0 Å². The molecule has 1 atom stereocenters. The van der Waals surface area contributed by atoms with Crippen LogP contribution in [0.3, 0.4) is 0 Å². The molecule has 3 heteroatoms. The van der Waals surface area contributed by atoms with Gasteiger partial charge >= 0.3 is 0 Å². The van der Waals surface area contributed by atoms with Gasteiger partial charge in [-0.3, -0.25) is 4.39 Å². The molecule has 0 N–H and O–H groups in total. The molecule has 0 aliphatic rings. The smallest absolute Gasteiger partial charge is 0.0963 e. The lowest BCUT2D eigenvalue weighted by atomic mass is 10.0. The van der Waals surface area contributed by atoms with Crippen molar-refractivity contribution in [2.24, 2.45) is 0 Å². The van der Waals surface area contributed by atoms with Crippen molar-refractivity contribution >= 4 is 23.2 Å². The van der Waals surface area contributed by atoms with Gasteiger partial charge in [0.15, 0.2) is 0 Å². The summed E-state index contributed by atoms with van der Waals surface area (Å²) < 4.78 is 12.2. The molecular formula is C9H8Cl2F. The zero-order chi connectivity index (χ0) is 9.14. The normalized spacial score (nSPS) is 13.0. The van der Waals surface area contributed by atoms with Crippen molar-refractivity contribution in [3.8, 4) is 0 Å². The van der Waals surface area contributed by atoms with E-state index in [1.54, 1.807) is 18.2 Å². The molecule has 0 saturated carbocycles. The third-order valence-corrected chi connectivity index (χ3v) is 2.44. The van der Waals surface area contributed by atoms with Crippen molar-refractivity contribution in [2.45, 2.75) is 5.92 Å². The second-order valence-electron chi connectivity index (χ2n) is 2.49. The van der Waals surface area contributed by atoms with Gasteiger partial charge in [-0.25, -0.2) is 0 Å². The van der Waals surface area contributed by atoms with Crippen LogP contribution in [0.25, 0.3) is 0 Å². The van der Waals surface area contributed by atoms with E-state index < -0.39 is 12.6 Å². The third kappa shape index (κ3) is 1.90. The molecule has 0 aromatic heterocycles. The summed E-state index contributed by atoms with van der Waals surface area (Å²) in [4.78, 5) is 0. The molecular weight excluding hydrogens is 198 g/mol. The van der Waals surface area contributed by atoms with E-state index in [9.17, 15) is 4.39 Å². The SMILES string of the molecule is [CH2]C(CF)c1cccc(Cl)c1Cl. The van der Waals surface area contributed by atoms with Gasteiger partial charge in [0.25, 0.3) is 0 Å². The zero-order valence-corrected chi connectivity index (χ0v) is 7.87. The van der Waals surface area contributed by atoms with Gasteiger partial charge in [-0.05, 0) is 18.6 Å². The number of halogens is 3. The maximum absolute atomic E-state index is 12.2. The average molecular weight is 206 g/mol. The van der Waals surface area contributed by atoms with Crippen molar-refractivity contribution in [2.75, 3.05) is 6.67 Å². The minimum absolute atomic E-state index is 0.400. The minimum atomic E-state index is -0.528. The summed E-state index contributed by atoms with van der Waals surface area (Å²) in [5.74, 6) is -0.434. The molecule has 0 spiro atoms. The molecule has 0 aliphatic carbocycles. The van der Waals surface area contributed by atoms with Gasteiger partial charge < -0.3 is 0 Å². The van der Waals surface area contributed by atoms with Crippen molar-refractivity contribution in [1.82, 2.24) is 0 Å². The minimum Gasteiger partial charge on any atom is -0.250 e. The van der Waals surface area contributed by atoms with Crippen LogP contribution >= 0.6 is 23.2 Å². The van der Waals surface area contributed by atoms with Crippen LogP contribution in [0.4, 0.5) is 4.39 Å². The van der Waals surface area contributed by atoms with E-state index in [1.165, 1.54) is 0 Å². The first-order chi connectivity index (χ1) is 5.66. The third-order valence-electron chi connectivity index (χ3n) is 1.61. The van der Waals surface area contributed by atoms with E-state index in [0.717, 1.165) is 0 Å². The number of hydrogen-bond acceptors (Lipinski definition) is 0. The molecule has 0 fully saturated rings. The summed E-state index contributed by atoms with van der Waals surface area (Å²) in [6.45, 7) is 3.08. The van der Waals surface area contributed by atoms with Crippen molar-refractivity contribution in [3.05, 3.63) is 40.7 Å². The number of alkyl halides is 1. The van der Waals surface area contributed by atoms with Crippen LogP contribution in [-0.2, 0) is 0 Å². The molecule has 1 rings (SSSR count). The molecule has 0 amide bonds. The fourth-order valence-corrected chi connectivity index (χ4v) is 1.38. The average Bonchev–Trinajstić information content (AvgIpc) is 2.08. The molecule has 12 heavy (non-hydrogen) atoms. The van der Waals surface area contributed by atoms with Gasteiger partial charge in [-0.15, -0.1) is 0 Å². The summed E-state index contributed by atoms with van der Waals surface area (Å²) in [6.07, 6.45) is 0. The fourth-order valence-electron chi connectivity index (χ4n) is 0.919. The second-order valence-corrected chi connectivity index (χ2v) is 3.28. The van der Waals surface area contributed by atoms with Gasteiger partial charge in [-0.2, -0.15) is 0 Å². The van der Waals surface area contributed by atoms with E-state index in [4.69, 9.17) is 23.2 Å².